The van der Waals surface area contributed by atoms with Crippen molar-refractivity contribution in [1.82, 2.24) is 0 Å². The topological polar surface area (TPSA) is 52.5 Å². The van der Waals surface area contributed by atoms with E-state index in [1.165, 1.54) is 56.3 Å². The summed E-state index contributed by atoms with van der Waals surface area (Å²) in [5.74, 6) is 0.390. The highest BCUT2D eigenvalue weighted by Gasteiger charge is 2.37. The molecule has 32 heavy (non-hydrogen) atoms. The van der Waals surface area contributed by atoms with Crippen molar-refractivity contribution >= 4 is 7.32 Å². The van der Waals surface area contributed by atoms with E-state index in [4.69, 9.17) is 4.65 Å². The molecule has 1 N–H and O–H groups in total. The molecular formula is C27H60BNO3. The molecule has 0 radical (unpaired) electrons. The monoisotopic (exact) mass is 457 g/mol. The quantitative estimate of drug-likeness (QED) is 0.163. The van der Waals surface area contributed by atoms with Crippen LogP contribution in [0.25, 0.3) is 0 Å². The van der Waals surface area contributed by atoms with Crippen molar-refractivity contribution in [1.29, 1.82) is 0 Å². The maximum Gasteiger partial charge on any atom is 0.342 e. The van der Waals surface area contributed by atoms with Crippen LogP contribution in [0.15, 0.2) is 0 Å². The van der Waals surface area contributed by atoms with Crippen LogP contribution in [0.2, 0.25) is 0 Å². The smallest absolute Gasteiger partial charge is 0.342 e. The molecule has 1 unspecified atom stereocenters. The predicted molar refractivity (Wildman–Crippen MR) is 140 cm³/mol. The Hall–Kier alpha value is -0.0951. The first-order chi connectivity index (χ1) is 15.3. The molecule has 0 aliphatic rings. The fraction of sp³-hybridized carbons (Fsp3) is 1.00. The SMILES string of the molecule is CCCCC(CCC)C(CCC)(CCC)OB([O-])O.CCC[N+](CCC)(CCC)CCC. The summed E-state index contributed by atoms with van der Waals surface area (Å²) in [6.45, 7) is 23.4. The summed E-state index contributed by atoms with van der Waals surface area (Å²) in [5.41, 5.74) is -0.421. The van der Waals surface area contributed by atoms with E-state index >= 15 is 0 Å². The van der Waals surface area contributed by atoms with E-state index in [1.807, 2.05) is 0 Å². The Labute approximate surface area is 203 Å². The maximum atomic E-state index is 11.2. The molecule has 4 nitrogen and oxygen atoms in total. The van der Waals surface area contributed by atoms with Gasteiger partial charge in [-0.25, -0.2) is 0 Å². The highest BCUT2D eigenvalue weighted by molar-refractivity contribution is 6.30. The van der Waals surface area contributed by atoms with Crippen molar-refractivity contribution in [3.8, 4) is 0 Å². The van der Waals surface area contributed by atoms with Gasteiger partial charge in [0, 0.05) is 0 Å². The van der Waals surface area contributed by atoms with Crippen LogP contribution in [0.3, 0.4) is 0 Å². The molecular weight excluding hydrogens is 397 g/mol. The van der Waals surface area contributed by atoms with Crippen molar-refractivity contribution in [2.45, 2.75) is 144 Å². The second-order valence-electron chi connectivity index (χ2n) is 9.85. The summed E-state index contributed by atoms with van der Waals surface area (Å²) in [6, 6.07) is 0. The van der Waals surface area contributed by atoms with Crippen LogP contribution in [-0.4, -0.2) is 48.6 Å². The number of unbranched alkanes of at least 4 members (excludes halogenated alkanes) is 1. The Bertz CT molecular complexity index is 358. The number of hydrogen-bond acceptors (Lipinski definition) is 3. The molecule has 5 heteroatoms. The zero-order valence-corrected chi connectivity index (χ0v) is 23.4. The van der Waals surface area contributed by atoms with Gasteiger partial charge in [-0.2, -0.15) is 0 Å². The molecule has 0 aliphatic heterocycles. The van der Waals surface area contributed by atoms with Gasteiger partial charge in [0.05, 0.1) is 31.8 Å². The summed E-state index contributed by atoms with van der Waals surface area (Å²) in [5, 5.41) is 20.4. The summed E-state index contributed by atoms with van der Waals surface area (Å²) in [4.78, 5) is 0. The van der Waals surface area contributed by atoms with Gasteiger partial charge in [-0.15, -0.1) is 0 Å². The highest BCUT2D eigenvalue weighted by Crippen LogP contribution is 2.38. The van der Waals surface area contributed by atoms with Crippen LogP contribution in [0.1, 0.15) is 139 Å². The minimum absolute atomic E-state index is 0.390. The number of hydrogen-bond donors (Lipinski definition) is 1. The lowest BCUT2D eigenvalue weighted by Crippen LogP contribution is -2.50. The van der Waals surface area contributed by atoms with E-state index in [9.17, 15) is 10.0 Å². The zero-order valence-electron chi connectivity index (χ0n) is 23.4. The van der Waals surface area contributed by atoms with Gasteiger partial charge in [0.15, 0.2) is 0 Å². The second kappa shape index (κ2) is 21.4. The first-order valence-corrected chi connectivity index (χ1v) is 14.2. The first kappa shape index (κ1) is 34.1. The molecule has 0 heterocycles. The van der Waals surface area contributed by atoms with Gasteiger partial charge < -0.3 is 19.2 Å². The minimum Gasteiger partial charge on any atom is -0.832 e. The van der Waals surface area contributed by atoms with Crippen LogP contribution in [0.5, 0.6) is 0 Å². The Morgan fingerprint density at radius 1 is 0.688 bits per heavy atom. The standard InChI is InChI=1S/C15H32BO3.C12H28N/c1-5-9-11-14(10-6-2)15(12-7-3,13-8-4)19-16(17)18;1-5-9-13(10-6-2,11-7-3)12-8-4/h14,17H,5-13H2,1-4H3;5-12H2,1-4H3/q-1;+1. The molecule has 0 fully saturated rings. The average molecular weight is 458 g/mol. The molecule has 194 valence electrons. The molecule has 0 saturated heterocycles. The van der Waals surface area contributed by atoms with Gasteiger partial charge in [-0.1, -0.05) is 87.5 Å². The van der Waals surface area contributed by atoms with E-state index in [2.05, 4.69) is 55.4 Å². The first-order valence-electron chi connectivity index (χ1n) is 14.2. The van der Waals surface area contributed by atoms with Crippen molar-refractivity contribution in [2.24, 2.45) is 5.92 Å². The summed E-state index contributed by atoms with van der Waals surface area (Å²) < 4.78 is 6.91. The van der Waals surface area contributed by atoms with Gasteiger partial charge in [0.1, 0.15) is 0 Å². The van der Waals surface area contributed by atoms with Crippen LogP contribution in [-0.2, 0) is 4.65 Å². The lowest BCUT2D eigenvalue weighted by molar-refractivity contribution is -0.928. The predicted octanol–water partition coefficient (Wildman–Crippen LogP) is 6.73. The summed E-state index contributed by atoms with van der Waals surface area (Å²) >= 11 is 0. The third kappa shape index (κ3) is 14.2. The molecule has 1 atom stereocenters. The van der Waals surface area contributed by atoms with E-state index < -0.39 is 12.9 Å². The lowest BCUT2D eigenvalue weighted by Gasteiger charge is -2.44. The molecule has 0 rings (SSSR count). The number of nitrogens with zero attached hydrogens (tertiary/aromatic N) is 1. The molecule has 0 aromatic carbocycles. The van der Waals surface area contributed by atoms with Crippen LogP contribution in [0.4, 0.5) is 0 Å². The minimum atomic E-state index is -1.90. The van der Waals surface area contributed by atoms with Gasteiger partial charge in [-0.3, -0.25) is 0 Å². The fourth-order valence-corrected chi connectivity index (χ4v) is 5.83. The molecule has 0 aliphatic carbocycles. The molecule has 0 bridgehead atoms. The highest BCUT2D eigenvalue weighted by atomic mass is 16.6. The molecule has 0 aromatic heterocycles. The van der Waals surface area contributed by atoms with Gasteiger partial charge >= 0.3 is 7.32 Å². The Kier molecular flexibility index (Phi) is 22.8. The van der Waals surface area contributed by atoms with Gasteiger partial charge in [0.25, 0.3) is 0 Å². The maximum absolute atomic E-state index is 11.2. The van der Waals surface area contributed by atoms with Crippen molar-refractivity contribution in [3.63, 3.8) is 0 Å². The summed E-state index contributed by atoms with van der Waals surface area (Å²) in [6.07, 6.45) is 14.6. The number of rotatable bonds is 20. The lowest BCUT2D eigenvalue weighted by atomic mass is 9.74. The normalized spacial score (nSPS) is 12.9. The number of quaternary nitrogens is 1. The molecule has 0 saturated carbocycles. The van der Waals surface area contributed by atoms with Crippen LogP contribution in [0, 0.1) is 5.92 Å². The third-order valence-corrected chi connectivity index (χ3v) is 6.76. The molecule has 0 spiro atoms. The van der Waals surface area contributed by atoms with Crippen molar-refractivity contribution in [3.05, 3.63) is 0 Å². The van der Waals surface area contributed by atoms with Crippen molar-refractivity contribution < 1.29 is 19.2 Å². The molecule has 0 amide bonds. The van der Waals surface area contributed by atoms with Gasteiger partial charge in [-0.05, 0) is 57.3 Å². The third-order valence-electron chi connectivity index (χ3n) is 6.76. The van der Waals surface area contributed by atoms with Crippen LogP contribution < -0.4 is 5.02 Å². The van der Waals surface area contributed by atoms with E-state index in [-0.39, 0.29) is 0 Å². The van der Waals surface area contributed by atoms with E-state index in [1.54, 1.807) is 0 Å². The second-order valence-corrected chi connectivity index (χ2v) is 9.85. The Morgan fingerprint density at radius 3 is 1.41 bits per heavy atom. The Balaban J connectivity index is 0. The largest absolute Gasteiger partial charge is 0.832 e. The fourth-order valence-electron chi connectivity index (χ4n) is 5.83. The van der Waals surface area contributed by atoms with Crippen LogP contribution >= 0.6 is 0 Å². The van der Waals surface area contributed by atoms with E-state index in [0.29, 0.717) is 5.92 Å². The van der Waals surface area contributed by atoms with E-state index in [0.717, 1.165) is 57.8 Å². The Morgan fingerprint density at radius 2 is 1.12 bits per heavy atom. The van der Waals surface area contributed by atoms with Crippen molar-refractivity contribution in [2.75, 3.05) is 26.2 Å². The average Bonchev–Trinajstić information content (AvgIpc) is 2.72. The van der Waals surface area contributed by atoms with Gasteiger partial charge in [0.2, 0.25) is 0 Å². The molecule has 0 aromatic rings. The summed E-state index contributed by atoms with van der Waals surface area (Å²) in [7, 11) is -1.90. The zero-order chi connectivity index (χ0) is 24.9.